The molecule has 0 aromatic rings. The number of rotatable bonds is 56. The van der Waals surface area contributed by atoms with E-state index in [0.29, 0.717) is 12.8 Å². The van der Waals surface area contributed by atoms with Crippen LogP contribution in [0.3, 0.4) is 0 Å². The molecule has 3 heterocycles. The average Bonchev–Trinajstić information content (AvgIpc) is 0.851. The van der Waals surface area contributed by atoms with E-state index in [-0.39, 0.29) is 18.9 Å². The summed E-state index contributed by atoms with van der Waals surface area (Å²) in [5, 5.41) is 120. The number of aliphatic hydroxyl groups excluding tert-OH is 11. The highest BCUT2D eigenvalue weighted by Gasteiger charge is 2.53. The number of ether oxygens (including phenoxy) is 6. The molecule has 0 aromatic carbocycles. The molecule has 0 aliphatic carbocycles. The maximum Gasteiger partial charge on any atom is 0.220 e. The van der Waals surface area contributed by atoms with Crippen LogP contribution in [0.15, 0.2) is 48.6 Å². The standard InChI is InChI=1S/C72H131NO18/c1-3-5-7-9-11-13-15-17-19-21-22-23-24-25-26-27-28-29-30-31-32-33-34-35-37-39-41-43-45-47-49-56(77)55(73-60(78)50-48-46-44-42-40-38-36-20-18-16-14-12-10-8-6-4-2)54-86-70-66(84)63(81)68(58(52-75)88-70)91-72-67(85)64(82)69(59(53-76)89-72)90-71-65(83)62(80)61(79)57(51-74)87-71/h14,16,20,36,39,41,47,49,55-59,61-72,74-77,79-85H,3-13,15,17-19,21-35,37-38,40,42-46,48,50-54H2,1-2H3,(H,73,78)/b16-14-,36-20-,41-39+,49-47+. The number of carbonyl (C=O) groups is 1. The van der Waals surface area contributed by atoms with E-state index in [0.717, 1.165) is 64.2 Å². The number of allylic oxidation sites excluding steroid dienone is 7. The molecule has 0 spiro atoms. The number of hydrogen-bond acceptors (Lipinski definition) is 18. The number of nitrogens with one attached hydrogen (secondary N) is 1. The molecule has 19 heteroatoms. The summed E-state index contributed by atoms with van der Waals surface area (Å²) in [6.07, 6.45) is 38.2. The fourth-order valence-corrected chi connectivity index (χ4v) is 12.2. The van der Waals surface area contributed by atoms with E-state index in [9.17, 15) is 61.0 Å². The summed E-state index contributed by atoms with van der Waals surface area (Å²) < 4.78 is 34.3. The van der Waals surface area contributed by atoms with Crippen LogP contribution >= 0.6 is 0 Å². The lowest BCUT2D eigenvalue weighted by Crippen LogP contribution is -2.66. The predicted octanol–water partition coefficient (Wildman–Crippen LogP) is 10.2. The molecule has 0 radical (unpaired) electrons. The molecule has 12 N–H and O–H groups in total. The summed E-state index contributed by atoms with van der Waals surface area (Å²) in [7, 11) is 0. The van der Waals surface area contributed by atoms with E-state index >= 15 is 0 Å². The first-order valence-electron chi connectivity index (χ1n) is 36.4. The van der Waals surface area contributed by atoms with Crippen molar-refractivity contribution < 1.29 is 89.4 Å². The average molecular weight is 1300 g/mol. The lowest BCUT2D eigenvalue weighted by molar-refractivity contribution is -0.379. The Hall–Kier alpha value is -2.25. The first-order chi connectivity index (χ1) is 44.3. The minimum atomic E-state index is -1.98. The van der Waals surface area contributed by atoms with Gasteiger partial charge in [0.1, 0.15) is 73.2 Å². The van der Waals surface area contributed by atoms with Crippen molar-refractivity contribution in [1.82, 2.24) is 5.32 Å². The summed E-state index contributed by atoms with van der Waals surface area (Å²) >= 11 is 0. The van der Waals surface area contributed by atoms with Crippen LogP contribution < -0.4 is 5.32 Å². The molecular weight excluding hydrogens is 1170 g/mol. The summed E-state index contributed by atoms with van der Waals surface area (Å²) in [6.45, 7) is 1.70. The molecule has 3 saturated heterocycles. The second kappa shape index (κ2) is 53.8. The topological polar surface area (TPSA) is 307 Å². The molecule has 3 aliphatic heterocycles. The normalized spacial score (nSPS) is 28.1. The Morgan fingerprint density at radius 2 is 0.736 bits per heavy atom. The number of unbranched alkanes of at least 4 members (excludes halogenated alkanes) is 34. The van der Waals surface area contributed by atoms with Crippen molar-refractivity contribution in [3.05, 3.63) is 48.6 Å². The quantitative estimate of drug-likeness (QED) is 0.0199. The van der Waals surface area contributed by atoms with E-state index in [1.807, 2.05) is 6.08 Å². The van der Waals surface area contributed by atoms with Crippen molar-refractivity contribution in [3.8, 4) is 0 Å². The zero-order valence-corrected chi connectivity index (χ0v) is 56.3. The van der Waals surface area contributed by atoms with E-state index < -0.39 is 124 Å². The predicted molar refractivity (Wildman–Crippen MR) is 356 cm³/mol. The first-order valence-corrected chi connectivity index (χ1v) is 36.4. The van der Waals surface area contributed by atoms with Crippen molar-refractivity contribution in [1.29, 1.82) is 0 Å². The Morgan fingerprint density at radius 1 is 0.396 bits per heavy atom. The second-order valence-corrected chi connectivity index (χ2v) is 26.0. The minimum Gasteiger partial charge on any atom is -0.394 e. The molecule has 3 rings (SSSR count). The Labute approximate surface area is 548 Å². The Kier molecular flexibility index (Phi) is 49.1. The third-order valence-corrected chi connectivity index (χ3v) is 18.1. The van der Waals surface area contributed by atoms with Gasteiger partial charge >= 0.3 is 0 Å². The van der Waals surface area contributed by atoms with Crippen molar-refractivity contribution in [3.63, 3.8) is 0 Å². The Balaban J connectivity index is 1.41. The van der Waals surface area contributed by atoms with Crippen LogP contribution in [-0.4, -0.2) is 193 Å². The van der Waals surface area contributed by atoms with Crippen LogP contribution in [0.5, 0.6) is 0 Å². The molecule has 0 bridgehead atoms. The molecule has 1 amide bonds. The van der Waals surface area contributed by atoms with Crippen LogP contribution in [0.1, 0.15) is 271 Å². The lowest BCUT2D eigenvalue weighted by Gasteiger charge is -2.48. The molecule has 0 saturated carbocycles. The number of carbonyl (C=O) groups excluding carboxylic acids is 1. The zero-order chi connectivity index (χ0) is 66.1. The summed E-state index contributed by atoms with van der Waals surface area (Å²) in [4.78, 5) is 13.4. The first kappa shape index (κ1) is 83.0. The van der Waals surface area contributed by atoms with Crippen LogP contribution in [-0.2, 0) is 33.2 Å². The highest BCUT2D eigenvalue weighted by Crippen LogP contribution is 2.33. The van der Waals surface area contributed by atoms with Crippen LogP contribution in [0.25, 0.3) is 0 Å². The maximum atomic E-state index is 13.4. The van der Waals surface area contributed by atoms with Crippen LogP contribution in [0.2, 0.25) is 0 Å². The molecule has 532 valence electrons. The van der Waals surface area contributed by atoms with Gasteiger partial charge in [-0.3, -0.25) is 4.79 Å². The van der Waals surface area contributed by atoms with Gasteiger partial charge in [0.2, 0.25) is 5.91 Å². The maximum absolute atomic E-state index is 13.4. The zero-order valence-electron chi connectivity index (χ0n) is 56.3. The van der Waals surface area contributed by atoms with Crippen LogP contribution in [0.4, 0.5) is 0 Å². The van der Waals surface area contributed by atoms with Gasteiger partial charge < -0.3 is 89.9 Å². The summed E-state index contributed by atoms with van der Waals surface area (Å²) in [5.41, 5.74) is 0. The van der Waals surface area contributed by atoms with Gasteiger partial charge in [-0.05, 0) is 64.2 Å². The summed E-state index contributed by atoms with van der Waals surface area (Å²) in [6, 6.07) is -0.999. The van der Waals surface area contributed by atoms with E-state index in [1.165, 1.54) is 173 Å². The SMILES string of the molecule is CCCCCC/C=C\C/C=C\CCCCCCCC(=O)NC(COC1OC(CO)C(OC2OC(CO)C(OC3OC(CO)C(O)C(O)C3O)C(O)C2O)C(O)C1O)C(O)/C=C/CC/C=C/CCCCCCCCCCCCCCCCCCCCCCCCCC. The van der Waals surface area contributed by atoms with Gasteiger partial charge in [-0.25, -0.2) is 0 Å². The smallest absolute Gasteiger partial charge is 0.220 e. The van der Waals surface area contributed by atoms with Gasteiger partial charge in [0, 0.05) is 6.42 Å². The van der Waals surface area contributed by atoms with Gasteiger partial charge in [0.15, 0.2) is 18.9 Å². The van der Waals surface area contributed by atoms with Gasteiger partial charge in [-0.1, -0.05) is 249 Å². The van der Waals surface area contributed by atoms with Crippen molar-refractivity contribution >= 4 is 5.91 Å². The minimum absolute atomic E-state index is 0.219. The highest BCUT2D eigenvalue weighted by atomic mass is 16.8. The molecule has 0 aromatic heterocycles. The molecule has 3 aliphatic rings. The van der Waals surface area contributed by atoms with E-state index in [2.05, 4.69) is 55.6 Å². The van der Waals surface area contributed by atoms with Crippen molar-refractivity contribution in [2.24, 2.45) is 0 Å². The fraction of sp³-hybridized carbons (Fsp3) is 0.875. The van der Waals surface area contributed by atoms with E-state index in [1.54, 1.807) is 6.08 Å². The molecule has 19 nitrogen and oxygen atoms in total. The number of aliphatic hydroxyl groups is 11. The molecule has 17 unspecified atom stereocenters. The summed E-state index contributed by atoms with van der Waals surface area (Å²) in [5.74, 6) is -0.298. The Morgan fingerprint density at radius 3 is 1.18 bits per heavy atom. The monoisotopic (exact) mass is 1300 g/mol. The Bertz CT molecular complexity index is 1840. The third kappa shape index (κ3) is 35.5. The van der Waals surface area contributed by atoms with Crippen molar-refractivity contribution in [2.75, 3.05) is 26.4 Å². The van der Waals surface area contributed by atoms with Gasteiger partial charge in [-0.2, -0.15) is 0 Å². The molecular formula is C72H131NO18. The molecule has 91 heavy (non-hydrogen) atoms. The van der Waals surface area contributed by atoms with Gasteiger partial charge in [0.05, 0.1) is 38.6 Å². The molecule has 17 atom stereocenters. The largest absolute Gasteiger partial charge is 0.394 e. The highest BCUT2D eigenvalue weighted by molar-refractivity contribution is 5.76. The van der Waals surface area contributed by atoms with Gasteiger partial charge in [-0.15, -0.1) is 0 Å². The van der Waals surface area contributed by atoms with Crippen LogP contribution in [0, 0.1) is 0 Å². The number of hydrogen-bond donors (Lipinski definition) is 12. The van der Waals surface area contributed by atoms with Crippen molar-refractivity contribution in [2.45, 2.75) is 375 Å². The molecule has 3 fully saturated rings. The fourth-order valence-electron chi connectivity index (χ4n) is 12.2. The number of amides is 1. The third-order valence-electron chi connectivity index (χ3n) is 18.1. The second-order valence-electron chi connectivity index (χ2n) is 26.0. The lowest BCUT2D eigenvalue weighted by atomic mass is 9.96. The van der Waals surface area contributed by atoms with Gasteiger partial charge in [0.25, 0.3) is 0 Å². The van der Waals surface area contributed by atoms with E-state index in [4.69, 9.17) is 28.4 Å².